The number of halogens is 1. The molecule has 0 aliphatic heterocycles. The van der Waals surface area contributed by atoms with Gasteiger partial charge in [-0.25, -0.2) is 4.98 Å². The Hall–Kier alpha value is -1.81. The van der Waals surface area contributed by atoms with E-state index in [9.17, 15) is 4.79 Å². The molecule has 0 unspecified atom stereocenters. The third kappa shape index (κ3) is 4.34. The van der Waals surface area contributed by atoms with Crippen LogP contribution in [0.25, 0.3) is 0 Å². The van der Waals surface area contributed by atoms with E-state index in [4.69, 9.17) is 16.0 Å². The number of oxazole rings is 1. The minimum Gasteiger partial charge on any atom is -0.445 e. The topological polar surface area (TPSA) is 55.1 Å². The molecule has 0 atom stereocenters. The number of aromatic nitrogens is 1. The summed E-state index contributed by atoms with van der Waals surface area (Å²) in [6.07, 6.45) is 0.868. The summed E-state index contributed by atoms with van der Waals surface area (Å²) < 4.78 is 5.79. The summed E-state index contributed by atoms with van der Waals surface area (Å²) in [5.41, 5.74) is 1.41. The van der Waals surface area contributed by atoms with Gasteiger partial charge in [0.05, 0.1) is 5.69 Å². The van der Waals surface area contributed by atoms with E-state index >= 15 is 0 Å². The van der Waals surface area contributed by atoms with Crippen LogP contribution in [0.2, 0.25) is 5.02 Å². The van der Waals surface area contributed by atoms with Crippen LogP contribution in [-0.4, -0.2) is 10.9 Å². The molecular weight excluding hydrogens is 300 g/mol. The van der Waals surface area contributed by atoms with E-state index in [-0.39, 0.29) is 11.3 Å². The first-order valence-corrected chi connectivity index (χ1v) is 7.66. The fourth-order valence-corrected chi connectivity index (χ4v) is 2.19. The number of nitrogens with zero attached hydrogens (tertiary/aromatic N) is 1. The van der Waals surface area contributed by atoms with E-state index in [0.717, 1.165) is 11.5 Å². The molecule has 1 aromatic carbocycles. The minimum absolute atomic E-state index is 0.0737. The van der Waals surface area contributed by atoms with Gasteiger partial charge in [0.15, 0.2) is 5.89 Å². The summed E-state index contributed by atoms with van der Waals surface area (Å²) in [7, 11) is 0. The molecule has 1 N–H and O–H groups in total. The summed E-state index contributed by atoms with van der Waals surface area (Å²) in [5.74, 6) is 1.40. The molecule has 0 aliphatic rings. The quantitative estimate of drug-likeness (QED) is 0.902. The van der Waals surface area contributed by atoms with Crippen molar-refractivity contribution in [2.24, 2.45) is 0 Å². The van der Waals surface area contributed by atoms with Crippen molar-refractivity contribution in [1.82, 2.24) is 4.98 Å². The molecule has 0 bridgehead atoms. The summed E-state index contributed by atoms with van der Waals surface area (Å²) in [5, 5.41) is 3.42. The molecule has 2 aromatic rings. The molecule has 1 aromatic heterocycles. The van der Waals surface area contributed by atoms with Gasteiger partial charge < -0.3 is 9.73 Å². The Morgan fingerprint density at radius 2 is 2.09 bits per heavy atom. The lowest BCUT2D eigenvalue weighted by atomic mass is 9.97. The van der Waals surface area contributed by atoms with Crippen LogP contribution in [0.4, 0.5) is 5.69 Å². The first kappa shape index (κ1) is 16.6. The number of aryl methyl sites for hydroxylation is 2. The van der Waals surface area contributed by atoms with Gasteiger partial charge in [-0.2, -0.15) is 0 Å². The summed E-state index contributed by atoms with van der Waals surface area (Å²) in [6, 6.07) is 7.09. The van der Waals surface area contributed by atoms with Crippen LogP contribution >= 0.6 is 11.6 Å². The maximum absolute atomic E-state index is 12.0. The third-order valence-corrected chi connectivity index (χ3v) is 3.46. The average molecular weight is 321 g/mol. The number of nitrogens with one attached hydrogen (secondary N) is 1. The highest BCUT2D eigenvalue weighted by Gasteiger charge is 2.22. The van der Waals surface area contributed by atoms with E-state index in [0.29, 0.717) is 29.4 Å². The molecule has 1 heterocycles. The first-order chi connectivity index (χ1) is 10.3. The Labute approximate surface area is 135 Å². The number of rotatable bonds is 4. The molecule has 5 heteroatoms. The van der Waals surface area contributed by atoms with Crippen LogP contribution in [-0.2, 0) is 16.6 Å². The molecule has 0 spiro atoms. The van der Waals surface area contributed by atoms with Gasteiger partial charge in [0.25, 0.3) is 0 Å². The number of hydrogen-bond donors (Lipinski definition) is 1. The van der Waals surface area contributed by atoms with Crippen molar-refractivity contribution in [2.45, 2.75) is 46.0 Å². The molecule has 4 nitrogen and oxygen atoms in total. The van der Waals surface area contributed by atoms with Crippen molar-refractivity contribution in [3.63, 3.8) is 0 Å². The molecule has 0 radical (unpaired) electrons. The van der Waals surface area contributed by atoms with Gasteiger partial charge in [-0.1, -0.05) is 38.4 Å². The zero-order valence-electron chi connectivity index (χ0n) is 13.4. The summed E-state index contributed by atoms with van der Waals surface area (Å²) in [4.78, 5) is 16.4. The van der Waals surface area contributed by atoms with Gasteiger partial charge in [0.2, 0.25) is 5.91 Å². The summed E-state index contributed by atoms with van der Waals surface area (Å²) in [6.45, 7) is 8.05. The second kappa shape index (κ2) is 6.53. The SMILES string of the molecule is Cc1nc(C(C)(C)C)oc1CCC(=O)Nc1cccc(Cl)c1. The Morgan fingerprint density at radius 3 is 2.68 bits per heavy atom. The van der Waals surface area contributed by atoms with Crippen LogP contribution < -0.4 is 5.32 Å². The number of carbonyl (C=O) groups is 1. The maximum atomic E-state index is 12.0. The highest BCUT2D eigenvalue weighted by molar-refractivity contribution is 6.30. The van der Waals surface area contributed by atoms with Crippen LogP contribution in [0, 0.1) is 6.92 Å². The van der Waals surface area contributed by atoms with Crippen LogP contribution in [0.5, 0.6) is 0 Å². The number of carbonyl (C=O) groups excluding carboxylic acids is 1. The number of amides is 1. The van der Waals surface area contributed by atoms with Crippen LogP contribution in [0.3, 0.4) is 0 Å². The van der Waals surface area contributed by atoms with Crippen molar-refractivity contribution in [2.75, 3.05) is 5.32 Å². The lowest BCUT2D eigenvalue weighted by molar-refractivity contribution is -0.116. The van der Waals surface area contributed by atoms with Gasteiger partial charge in [0, 0.05) is 29.0 Å². The number of benzene rings is 1. The molecule has 0 saturated heterocycles. The highest BCUT2D eigenvalue weighted by Crippen LogP contribution is 2.24. The Morgan fingerprint density at radius 1 is 1.36 bits per heavy atom. The van der Waals surface area contributed by atoms with E-state index in [1.807, 2.05) is 27.7 Å². The molecule has 0 saturated carbocycles. The van der Waals surface area contributed by atoms with Gasteiger partial charge >= 0.3 is 0 Å². The predicted octanol–water partition coefficient (Wildman–Crippen LogP) is 4.51. The second-order valence-electron chi connectivity index (χ2n) is 6.34. The fourth-order valence-electron chi connectivity index (χ4n) is 2.00. The van der Waals surface area contributed by atoms with Crippen LogP contribution in [0.15, 0.2) is 28.7 Å². The lowest BCUT2D eigenvalue weighted by Crippen LogP contribution is -2.12. The molecule has 118 valence electrons. The molecule has 2 rings (SSSR count). The van der Waals surface area contributed by atoms with Gasteiger partial charge in [-0.15, -0.1) is 0 Å². The fraction of sp³-hybridized carbons (Fsp3) is 0.412. The van der Waals surface area contributed by atoms with E-state index in [1.54, 1.807) is 24.3 Å². The largest absolute Gasteiger partial charge is 0.445 e. The van der Waals surface area contributed by atoms with Crippen LogP contribution in [0.1, 0.15) is 44.5 Å². The van der Waals surface area contributed by atoms with E-state index < -0.39 is 0 Å². The highest BCUT2D eigenvalue weighted by atomic mass is 35.5. The number of anilines is 1. The lowest BCUT2D eigenvalue weighted by Gasteiger charge is -2.12. The maximum Gasteiger partial charge on any atom is 0.224 e. The van der Waals surface area contributed by atoms with Crippen molar-refractivity contribution in [3.05, 3.63) is 46.6 Å². The molecule has 22 heavy (non-hydrogen) atoms. The monoisotopic (exact) mass is 320 g/mol. The van der Waals surface area contributed by atoms with Gasteiger partial charge in [0.1, 0.15) is 5.76 Å². The average Bonchev–Trinajstić information content (AvgIpc) is 2.78. The zero-order valence-corrected chi connectivity index (χ0v) is 14.1. The Balaban J connectivity index is 1.95. The first-order valence-electron chi connectivity index (χ1n) is 7.28. The normalized spacial score (nSPS) is 11.5. The molecular formula is C17H21ClN2O2. The van der Waals surface area contributed by atoms with Gasteiger partial charge in [-0.05, 0) is 25.1 Å². The Kier molecular flexibility index (Phi) is 4.91. The van der Waals surface area contributed by atoms with E-state index in [2.05, 4.69) is 10.3 Å². The summed E-state index contributed by atoms with van der Waals surface area (Å²) >= 11 is 5.89. The van der Waals surface area contributed by atoms with Gasteiger partial charge in [-0.3, -0.25) is 4.79 Å². The molecule has 0 aliphatic carbocycles. The standard InChI is InChI=1S/C17H21ClN2O2/c1-11-14(22-16(19-11)17(2,3)4)8-9-15(21)20-13-7-5-6-12(18)10-13/h5-7,10H,8-9H2,1-4H3,(H,20,21). The second-order valence-corrected chi connectivity index (χ2v) is 6.77. The number of hydrogen-bond acceptors (Lipinski definition) is 3. The van der Waals surface area contributed by atoms with Crippen molar-refractivity contribution >= 4 is 23.2 Å². The van der Waals surface area contributed by atoms with Crippen molar-refractivity contribution in [1.29, 1.82) is 0 Å². The minimum atomic E-state index is -0.133. The Bertz CT molecular complexity index is 672. The predicted molar refractivity (Wildman–Crippen MR) is 88.3 cm³/mol. The van der Waals surface area contributed by atoms with Crippen molar-refractivity contribution < 1.29 is 9.21 Å². The smallest absolute Gasteiger partial charge is 0.224 e. The van der Waals surface area contributed by atoms with Crippen molar-refractivity contribution in [3.8, 4) is 0 Å². The third-order valence-electron chi connectivity index (χ3n) is 3.22. The van der Waals surface area contributed by atoms with E-state index in [1.165, 1.54) is 0 Å². The molecule has 0 fully saturated rings. The zero-order chi connectivity index (χ0) is 16.3. The molecule has 1 amide bonds.